The maximum absolute atomic E-state index is 12.1. The molecule has 4 nitrogen and oxygen atoms in total. The largest absolute Gasteiger partial charge is 0.573 e. The average molecular weight is 299 g/mol. The number of furan rings is 1. The molecule has 1 aromatic carbocycles. The van der Waals surface area contributed by atoms with Gasteiger partial charge in [0.25, 0.3) is 0 Å². The van der Waals surface area contributed by atoms with Gasteiger partial charge in [0.1, 0.15) is 5.75 Å². The number of benzene rings is 1. The zero-order valence-corrected chi connectivity index (χ0v) is 10.8. The van der Waals surface area contributed by atoms with E-state index in [1.54, 1.807) is 12.1 Å². The Morgan fingerprint density at radius 1 is 1.24 bits per heavy atom. The van der Waals surface area contributed by atoms with Crippen LogP contribution in [0, 0.1) is 0 Å². The number of ether oxygens (including phenoxy) is 1. The minimum absolute atomic E-state index is 0.0348. The Kier molecular flexibility index (Phi) is 4.52. The molecule has 0 aliphatic heterocycles. The summed E-state index contributed by atoms with van der Waals surface area (Å²) in [6.45, 7) is 0.300. The summed E-state index contributed by atoms with van der Waals surface area (Å²) in [4.78, 5) is 11.7. The van der Waals surface area contributed by atoms with Gasteiger partial charge in [-0.25, -0.2) is 0 Å². The third-order valence-electron chi connectivity index (χ3n) is 2.57. The molecule has 112 valence electrons. The molecule has 0 bridgehead atoms. The third kappa shape index (κ3) is 5.21. The van der Waals surface area contributed by atoms with Crippen LogP contribution in [0.3, 0.4) is 0 Å². The predicted octanol–water partition coefficient (Wildman–Crippen LogP) is 3.04. The predicted molar refractivity (Wildman–Crippen MR) is 67.4 cm³/mol. The molecule has 1 N–H and O–H groups in total. The second kappa shape index (κ2) is 6.34. The first kappa shape index (κ1) is 15.0. The van der Waals surface area contributed by atoms with Gasteiger partial charge in [-0.1, -0.05) is 12.1 Å². The number of halogens is 3. The Labute approximate surface area is 118 Å². The summed E-state index contributed by atoms with van der Waals surface area (Å²) >= 11 is 0. The molecule has 21 heavy (non-hydrogen) atoms. The second-order valence-corrected chi connectivity index (χ2v) is 4.28. The maximum Gasteiger partial charge on any atom is 0.573 e. The Bertz CT molecular complexity index is 594. The molecule has 7 heteroatoms. The number of hydrogen-bond acceptors (Lipinski definition) is 3. The van der Waals surface area contributed by atoms with E-state index < -0.39 is 6.36 Å². The maximum atomic E-state index is 12.1. The molecule has 0 aliphatic carbocycles. The highest BCUT2D eigenvalue weighted by Crippen LogP contribution is 2.23. The van der Waals surface area contributed by atoms with Crippen molar-refractivity contribution in [3.63, 3.8) is 0 Å². The lowest BCUT2D eigenvalue weighted by atomic mass is 10.1. The van der Waals surface area contributed by atoms with Gasteiger partial charge in [0.2, 0.25) is 5.91 Å². The zero-order valence-electron chi connectivity index (χ0n) is 10.8. The van der Waals surface area contributed by atoms with Crippen molar-refractivity contribution in [1.29, 1.82) is 0 Å². The van der Waals surface area contributed by atoms with E-state index in [0.717, 1.165) is 5.56 Å². The summed E-state index contributed by atoms with van der Waals surface area (Å²) in [6, 6.07) is 7.03. The topological polar surface area (TPSA) is 51.5 Å². The van der Waals surface area contributed by atoms with E-state index in [-0.39, 0.29) is 18.1 Å². The van der Waals surface area contributed by atoms with Gasteiger partial charge in [-0.15, -0.1) is 13.2 Å². The highest BCUT2D eigenvalue weighted by Gasteiger charge is 2.31. The van der Waals surface area contributed by atoms with Crippen molar-refractivity contribution in [2.45, 2.75) is 19.3 Å². The van der Waals surface area contributed by atoms with Crippen LogP contribution in [-0.4, -0.2) is 12.3 Å². The van der Waals surface area contributed by atoms with Crippen molar-refractivity contribution in [2.75, 3.05) is 0 Å². The first-order chi connectivity index (χ1) is 9.92. The Morgan fingerprint density at radius 3 is 2.71 bits per heavy atom. The number of hydrogen-bond donors (Lipinski definition) is 1. The number of carbonyl (C=O) groups is 1. The molecule has 0 atom stereocenters. The van der Waals surface area contributed by atoms with Crippen LogP contribution >= 0.6 is 0 Å². The number of carbonyl (C=O) groups excluding carboxylic acids is 1. The molecule has 1 aromatic heterocycles. The van der Waals surface area contributed by atoms with E-state index in [1.807, 2.05) is 0 Å². The molecule has 0 spiro atoms. The van der Waals surface area contributed by atoms with Gasteiger partial charge in [-0.2, -0.15) is 0 Å². The molecule has 0 unspecified atom stereocenters. The fourth-order valence-corrected chi connectivity index (χ4v) is 1.69. The van der Waals surface area contributed by atoms with Gasteiger partial charge in [0.05, 0.1) is 18.9 Å². The van der Waals surface area contributed by atoms with Gasteiger partial charge >= 0.3 is 6.36 Å². The van der Waals surface area contributed by atoms with Crippen molar-refractivity contribution in [1.82, 2.24) is 5.32 Å². The van der Waals surface area contributed by atoms with E-state index in [2.05, 4.69) is 10.1 Å². The zero-order chi connectivity index (χ0) is 15.3. The van der Waals surface area contributed by atoms with Crippen LogP contribution in [0.4, 0.5) is 13.2 Å². The Balaban J connectivity index is 1.90. The van der Waals surface area contributed by atoms with Gasteiger partial charge < -0.3 is 14.5 Å². The molecule has 0 fully saturated rings. The molecule has 2 rings (SSSR count). The Morgan fingerprint density at radius 2 is 2.05 bits per heavy atom. The summed E-state index contributed by atoms with van der Waals surface area (Å²) in [6.07, 6.45) is -1.80. The third-order valence-corrected chi connectivity index (χ3v) is 2.57. The first-order valence-corrected chi connectivity index (χ1v) is 6.05. The lowest BCUT2D eigenvalue weighted by Gasteiger charge is -2.10. The molecule has 2 aromatic rings. The van der Waals surface area contributed by atoms with Crippen molar-refractivity contribution in [3.05, 3.63) is 54.0 Å². The highest BCUT2D eigenvalue weighted by molar-refractivity contribution is 5.78. The van der Waals surface area contributed by atoms with Crippen molar-refractivity contribution >= 4 is 5.91 Å². The molecule has 1 heterocycles. The summed E-state index contributed by atoms with van der Waals surface area (Å²) in [5, 5.41) is 2.64. The summed E-state index contributed by atoms with van der Waals surface area (Å²) < 4.78 is 45.0. The van der Waals surface area contributed by atoms with E-state index in [1.165, 1.54) is 30.7 Å². The molecular weight excluding hydrogens is 287 g/mol. The summed E-state index contributed by atoms with van der Waals surface area (Å²) in [5.41, 5.74) is 1.24. The molecule has 0 saturated heterocycles. The van der Waals surface area contributed by atoms with Crippen molar-refractivity contribution < 1.29 is 27.1 Å². The van der Waals surface area contributed by atoms with Gasteiger partial charge in [-0.3, -0.25) is 4.79 Å². The van der Waals surface area contributed by atoms with Crippen LogP contribution in [0.2, 0.25) is 0 Å². The van der Waals surface area contributed by atoms with Crippen LogP contribution in [0.15, 0.2) is 47.3 Å². The van der Waals surface area contributed by atoms with Crippen LogP contribution in [-0.2, 0) is 17.8 Å². The Hall–Kier alpha value is -2.44. The van der Waals surface area contributed by atoms with Crippen molar-refractivity contribution in [2.24, 2.45) is 0 Å². The van der Waals surface area contributed by atoms with Gasteiger partial charge in [0.15, 0.2) is 0 Å². The summed E-state index contributed by atoms with van der Waals surface area (Å²) in [5.74, 6) is -0.650. The van der Waals surface area contributed by atoms with Crippen LogP contribution in [0.1, 0.15) is 11.1 Å². The fourth-order valence-electron chi connectivity index (χ4n) is 1.69. The van der Waals surface area contributed by atoms with E-state index >= 15 is 0 Å². The molecule has 0 aliphatic rings. The lowest BCUT2D eigenvalue weighted by molar-refractivity contribution is -0.274. The van der Waals surface area contributed by atoms with Crippen LogP contribution in [0.25, 0.3) is 0 Å². The van der Waals surface area contributed by atoms with E-state index in [0.29, 0.717) is 12.1 Å². The smallest absolute Gasteiger partial charge is 0.472 e. The quantitative estimate of drug-likeness (QED) is 0.923. The highest BCUT2D eigenvalue weighted by atomic mass is 19.4. The number of amides is 1. The molecule has 0 saturated carbocycles. The van der Waals surface area contributed by atoms with Gasteiger partial charge in [0, 0.05) is 12.1 Å². The molecular formula is C14H12F3NO3. The van der Waals surface area contributed by atoms with Crippen LogP contribution in [0.5, 0.6) is 5.75 Å². The minimum atomic E-state index is -4.75. The SMILES string of the molecule is O=C(Cc1cccc(OC(F)(F)F)c1)NCc1ccoc1. The van der Waals surface area contributed by atoms with Gasteiger partial charge in [-0.05, 0) is 23.8 Å². The monoisotopic (exact) mass is 299 g/mol. The van der Waals surface area contributed by atoms with Crippen molar-refractivity contribution in [3.8, 4) is 5.75 Å². The summed E-state index contributed by atoms with van der Waals surface area (Å²) in [7, 11) is 0. The second-order valence-electron chi connectivity index (χ2n) is 4.28. The first-order valence-electron chi connectivity index (χ1n) is 6.05. The minimum Gasteiger partial charge on any atom is -0.472 e. The normalized spacial score (nSPS) is 11.2. The van der Waals surface area contributed by atoms with E-state index in [9.17, 15) is 18.0 Å². The van der Waals surface area contributed by atoms with Crippen LogP contribution < -0.4 is 10.1 Å². The number of rotatable bonds is 5. The number of alkyl halides is 3. The average Bonchev–Trinajstić information content (AvgIpc) is 2.87. The standard InChI is InChI=1S/C14H12F3NO3/c15-14(16,17)21-12-3-1-2-10(6-12)7-13(19)18-8-11-4-5-20-9-11/h1-6,9H,7-8H2,(H,18,19). The molecule has 1 amide bonds. The number of nitrogens with one attached hydrogen (secondary N) is 1. The van der Waals surface area contributed by atoms with E-state index in [4.69, 9.17) is 4.42 Å². The fraction of sp³-hybridized carbons (Fsp3) is 0.214. The lowest BCUT2D eigenvalue weighted by Crippen LogP contribution is -2.24. The molecule has 0 radical (unpaired) electrons.